The number of aliphatic imine (C=N–C) groups is 2. The number of halogens is 1. The first-order chi connectivity index (χ1) is 38.3. The fourth-order valence-electron chi connectivity index (χ4n) is 11.6. The molecular formula is C60H59FN10O7S. The Balaban J connectivity index is 0.862. The summed E-state index contributed by atoms with van der Waals surface area (Å²) >= 11 is 1.63. The summed E-state index contributed by atoms with van der Waals surface area (Å²) in [7, 11) is 2.53. The molecule has 0 saturated carbocycles. The molecule has 17 nitrogen and oxygen atoms in total. The smallest absolute Gasteiger partial charge is 0.407 e. The fraction of sp³-hybridized carbons (Fsp3) is 0.333. The van der Waals surface area contributed by atoms with Gasteiger partial charge in [-0.25, -0.2) is 14.0 Å². The number of carbonyl (C=O) groups is 4. The molecule has 79 heavy (non-hydrogen) atoms. The maximum atomic E-state index is 17.2. The molecule has 2 saturated heterocycles. The number of ether oxygens (including phenoxy) is 3. The number of allylic oxidation sites excluding steroid dienone is 2. The summed E-state index contributed by atoms with van der Waals surface area (Å²) in [5, 5.41) is 9.98. The first-order valence-corrected chi connectivity index (χ1v) is 27.4. The molecular weight excluding hydrogens is 1020 g/mol. The lowest BCUT2D eigenvalue weighted by Crippen LogP contribution is -2.53. The van der Waals surface area contributed by atoms with Crippen molar-refractivity contribution in [2.24, 2.45) is 21.0 Å². The summed E-state index contributed by atoms with van der Waals surface area (Å²) in [6.07, 6.45) is 5.73. The molecule has 404 valence electrons. The van der Waals surface area contributed by atoms with Crippen molar-refractivity contribution >= 4 is 74.5 Å². The molecule has 5 aliphatic heterocycles. The van der Waals surface area contributed by atoms with E-state index in [1.54, 1.807) is 57.7 Å². The van der Waals surface area contributed by atoms with Gasteiger partial charge in [-0.2, -0.15) is 0 Å². The molecule has 4 amide bonds. The second-order valence-electron chi connectivity index (χ2n) is 20.9. The average Bonchev–Trinajstić information content (AvgIpc) is 4.53. The maximum absolute atomic E-state index is 17.2. The number of carbonyl (C=O) groups excluding carboxylic acids is 4. The standard InChI is InChI=1S/C60H59FN10O7S/c1-33(2)55(66-60(75)77-5)57(73)70-23-7-9-49(70)45-28-41(32-64-45)38-26-43(61)54-50-29-39-25-37(16-19-47(39)71(50)58(78-51(54)30-38)53-21-20-52(79-53)36-14-10-34(3)11-15-36)40-27-44(63-31-40)48-8-6-22-69(48)56(72)46(65-59(74)76-4)24-35-12-17-42(18-13-35)67-68-62/h10-21,25-26,29-33,46,48-49,55,58H,6-9,22-24,27-28H2,1-5H3,(H,65,74)(H,66,75)/t46-,48-,49-,55-,58?/m0/s1. The molecule has 2 fully saturated rings. The van der Waals surface area contributed by atoms with Crippen LogP contribution in [0.2, 0.25) is 0 Å². The number of rotatable bonds is 14. The van der Waals surface area contributed by atoms with E-state index in [1.165, 1.54) is 19.8 Å². The number of aromatic nitrogens is 1. The normalized spacial score (nSPS) is 19.1. The number of amides is 4. The average molecular weight is 1080 g/mol. The summed E-state index contributed by atoms with van der Waals surface area (Å²) in [6, 6.07) is 28.9. The highest BCUT2D eigenvalue weighted by Crippen LogP contribution is 2.49. The fourth-order valence-corrected chi connectivity index (χ4v) is 12.6. The van der Waals surface area contributed by atoms with Crippen LogP contribution in [0.25, 0.3) is 54.2 Å². The summed E-state index contributed by atoms with van der Waals surface area (Å²) in [5.41, 5.74) is 19.2. The molecule has 0 aliphatic carbocycles. The largest absolute Gasteiger partial charge is 0.464 e. The Morgan fingerprint density at radius 3 is 2.10 bits per heavy atom. The quantitative estimate of drug-likeness (QED) is 0.0613. The van der Waals surface area contributed by atoms with Crippen LogP contribution >= 0.6 is 11.3 Å². The predicted molar refractivity (Wildman–Crippen MR) is 303 cm³/mol. The minimum atomic E-state index is -0.912. The van der Waals surface area contributed by atoms with Gasteiger partial charge >= 0.3 is 12.2 Å². The zero-order chi connectivity index (χ0) is 55.1. The number of nitrogens with zero attached hydrogens (tertiary/aromatic N) is 8. The van der Waals surface area contributed by atoms with E-state index in [-0.39, 0.29) is 36.2 Å². The van der Waals surface area contributed by atoms with Gasteiger partial charge in [-0.3, -0.25) is 24.1 Å². The number of hydrogen-bond donors (Lipinski definition) is 2. The Bertz CT molecular complexity index is 3590. The van der Waals surface area contributed by atoms with Crippen LogP contribution in [0.4, 0.5) is 19.7 Å². The Morgan fingerprint density at radius 1 is 0.797 bits per heavy atom. The number of hydrogen-bond acceptors (Lipinski definition) is 11. The molecule has 4 aromatic carbocycles. The molecule has 19 heteroatoms. The SMILES string of the molecule is COC(=O)N[C@@H](Cc1ccc(N=[N+]=[N-])cc1)C(=O)N1CCC[C@H]1C1=NC=C(c2ccc3c(c2)cc2n3C(c3ccc(-c4ccc(C)cc4)s3)Oc3cc(C4=CN=C([C@@H]5CCCN5C(=O)[C@@H](NC(=O)OC)C(C)C)C4)cc(F)c3-2)C1. The highest BCUT2D eigenvalue weighted by molar-refractivity contribution is 7.15. The first kappa shape index (κ1) is 52.5. The summed E-state index contributed by atoms with van der Waals surface area (Å²) in [5.74, 6) is -0.639. The Hall–Kier alpha value is -8.54. The zero-order valence-corrected chi connectivity index (χ0v) is 45.3. The molecule has 11 rings (SSSR count). The topological polar surface area (TPSA) is 205 Å². The van der Waals surface area contributed by atoms with E-state index in [4.69, 9.17) is 29.7 Å². The van der Waals surface area contributed by atoms with Crippen LogP contribution in [0, 0.1) is 18.7 Å². The van der Waals surface area contributed by atoms with E-state index in [0.29, 0.717) is 60.6 Å². The van der Waals surface area contributed by atoms with Gasteiger partial charge < -0.3 is 34.6 Å². The monoisotopic (exact) mass is 1080 g/mol. The molecule has 7 heterocycles. The summed E-state index contributed by atoms with van der Waals surface area (Å²) < 4.78 is 36.0. The molecule has 2 aromatic heterocycles. The second kappa shape index (κ2) is 22.1. The second-order valence-corrected chi connectivity index (χ2v) is 22.0. The van der Waals surface area contributed by atoms with Crippen LogP contribution < -0.4 is 15.4 Å². The van der Waals surface area contributed by atoms with Gasteiger partial charge in [0.1, 0.15) is 23.7 Å². The minimum absolute atomic E-state index is 0.170. The third-order valence-corrected chi connectivity index (χ3v) is 16.8. The lowest BCUT2D eigenvalue weighted by Gasteiger charge is -2.31. The number of alkyl carbamates (subject to hydrolysis) is 2. The van der Waals surface area contributed by atoms with E-state index in [0.717, 1.165) is 79.2 Å². The molecule has 0 spiro atoms. The lowest BCUT2D eigenvalue weighted by atomic mass is 9.95. The van der Waals surface area contributed by atoms with Gasteiger partial charge in [-0.1, -0.05) is 79.1 Å². The van der Waals surface area contributed by atoms with Gasteiger partial charge in [-0.15, -0.1) is 11.3 Å². The van der Waals surface area contributed by atoms with E-state index in [9.17, 15) is 19.2 Å². The number of methoxy groups -OCH3 is 2. The molecule has 2 N–H and O–H groups in total. The Morgan fingerprint density at radius 2 is 1.44 bits per heavy atom. The highest BCUT2D eigenvalue weighted by Gasteiger charge is 2.41. The summed E-state index contributed by atoms with van der Waals surface area (Å²) in [6.45, 7) is 6.87. The molecule has 0 radical (unpaired) electrons. The molecule has 5 atom stereocenters. The molecule has 0 bridgehead atoms. The van der Waals surface area contributed by atoms with Crippen molar-refractivity contribution in [3.8, 4) is 27.4 Å². The summed E-state index contributed by atoms with van der Waals surface area (Å²) in [4.78, 5) is 71.3. The molecule has 1 unspecified atom stereocenters. The van der Waals surface area contributed by atoms with Crippen LogP contribution in [-0.2, 0) is 25.5 Å². The van der Waals surface area contributed by atoms with E-state index < -0.39 is 36.3 Å². The number of thiophene rings is 1. The van der Waals surface area contributed by atoms with E-state index >= 15 is 4.39 Å². The van der Waals surface area contributed by atoms with Crippen molar-refractivity contribution in [3.63, 3.8) is 0 Å². The third kappa shape index (κ3) is 10.4. The highest BCUT2D eigenvalue weighted by atomic mass is 32.1. The van der Waals surface area contributed by atoms with Crippen LogP contribution in [0.1, 0.15) is 85.7 Å². The van der Waals surface area contributed by atoms with Crippen molar-refractivity contribution < 1.29 is 37.8 Å². The Kier molecular flexibility index (Phi) is 14.7. The van der Waals surface area contributed by atoms with Crippen LogP contribution in [-0.4, -0.2) is 101 Å². The van der Waals surface area contributed by atoms with Crippen LogP contribution in [0.15, 0.2) is 125 Å². The van der Waals surface area contributed by atoms with Crippen molar-refractivity contribution in [1.29, 1.82) is 0 Å². The maximum Gasteiger partial charge on any atom is 0.407 e. The van der Waals surface area contributed by atoms with Gasteiger partial charge in [-0.05, 0) is 120 Å². The predicted octanol–water partition coefficient (Wildman–Crippen LogP) is 12.1. The first-order valence-electron chi connectivity index (χ1n) is 26.6. The Labute approximate surface area is 460 Å². The van der Waals surface area contributed by atoms with Gasteiger partial charge in [0.05, 0.1) is 48.0 Å². The van der Waals surface area contributed by atoms with Crippen molar-refractivity contribution in [2.45, 2.75) is 96.1 Å². The third-order valence-electron chi connectivity index (χ3n) is 15.6. The number of fused-ring (bicyclic) bond motifs is 5. The minimum Gasteiger partial charge on any atom is -0.464 e. The number of azide groups is 1. The van der Waals surface area contributed by atoms with Gasteiger partial charge in [0.15, 0.2) is 0 Å². The van der Waals surface area contributed by atoms with Crippen molar-refractivity contribution in [3.05, 3.63) is 153 Å². The number of aryl methyl sites for hydroxylation is 1. The molecule has 5 aliphatic rings. The molecule has 6 aromatic rings. The number of likely N-dealkylation sites (tertiary alicyclic amines) is 2. The van der Waals surface area contributed by atoms with Crippen LogP contribution in [0.3, 0.4) is 0 Å². The number of benzene rings is 4. The zero-order valence-electron chi connectivity index (χ0n) is 44.4. The van der Waals surface area contributed by atoms with Crippen LogP contribution in [0.5, 0.6) is 5.75 Å². The van der Waals surface area contributed by atoms with E-state index in [1.807, 2.05) is 32.2 Å². The van der Waals surface area contributed by atoms with Gasteiger partial charge in [0.25, 0.3) is 0 Å². The van der Waals surface area contributed by atoms with E-state index in [2.05, 4.69) is 86.7 Å². The van der Waals surface area contributed by atoms with Crippen molar-refractivity contribution in [2.75, 3.05) is 27.3 Å². The lowest BCUT2D eigenvalue weighted by molar-refractivity contribution is -0.134. The van der Waals surface area contributed by atoms with Crippen molar-refractivity contribution in [1.82, 2.24) is 25.0 Å². The van der Waals surface area contributed by atoms with Gasteiger partial charge in [0, 0.05) is 77.0 Å². The number of nitrogens with one attached hydrogen (secondary N) is 2. The van der Waals surface area contributed by atoms with Gasteiger partial charge in [0.2, 0.25) is 18.0 Å².